The standard InChI is InChI=1S/C10H15N3O3/c1-3-4-13(5-6-14)10(15)11-9-7-8(2)16-12-9/h3,7,14H,1,4-6H2,2H3,(H,11,12,15). The number of nitrogens with zero attached hydrogens (tertiary/aromatic N) is 2. The fraction of sp³-hybridized carbons (Fsp3) is 0.400. The first-order valence-electron chi connectivity index (χ1n) is 4.88. The van der Waals surface area contributed by atoms with Gasteiger partial charge in [-0.25, -0.2) is 4.79 Å². The molecule has 0 saturated carbocycles. The first-order chi connectivity index (χ1) is 7.67. The summed E-state index contributed by atoms with van der Waals surface area (Å²) in [5.74, 6) is 0.974. The van der Waals surface area contributed by atoms with E-state index >= 15 is 0 Å². The van der Waals surface area contributed by atoms with Gasteiger partial charge in [0, 0.05) is 19.2 Å². The summed E-state index contributed by atoms with van der Waals surface area (Å²) in [6.07, 6.45) is 1.59. The third-order valence-electron chi connectivity index (χ3n) is 1.87. The molecule has 0 bridgehead atoms. The molecule has 0 saturated heterocycles. The SMILES string of the molecule is C=CCN(CCO)C(=O)Nc1cc(C)on1. The molecule has 6 nitrogen and oxygen atoms in total. The van der Waals surface area contributed by atoms with Crippen molar-refractivity contribution in [1.29, 1.82) is 0 Å². The normalized spacial score (nSPS) is 9.88. The number of carbonyl (C=O) groups excluding carboxylic acids is 1. The van der Waals surface area contributed by atoms with E-state index in [1.54, 1.807) is 19.1 Å². The molecular weight excluding hydrogens is 210 g/mol. The maximum absolute atomic E-state index is 11.7. The molecule has 0 aliphatic rings. The average Bonchev–Trinajstić information content (AvgIpc) is 2.63. The molecule has 0 spiro atoms. The van der Waals surface area contributed by atoms with Crippen LogP contribution >= 0.6 is 0 Å². The Balaban J connectivity index is 2.57. The Kier molecular flexibility index (Phi) is 4.53. The molecule has 1 rings (SSSR count). The number of rotatable bonds is 5. The maximum atomic E-state index is 11.7. The maximum Gasteiger partial charge on any atom is 0.323 e. The number of aryl methyl sites for hydroxylation is 1. The van der Waals surface area contributed by atoms with Gasteiger partial charge in [0.15, 0.2) is 5.82 Å². The van der Waals surface area contributed by atoms with Gasteiger partial charge in [-0.05, 0) is 6.92 Å². The van der Waals surface area contributed by atoms with Gasteiger partial charge in [-0.2, -0.15) is 0 Å². The molecule has 1 aromatic heterocycles. The first-order valence-corrected chi connectivity index (χ1v) is 4.88. The third-order valence-corrected chi connectivity index (χ3v) is 1.87. The lowest BCUT2D eigenvalue weighted by molar-refractivity contribution is 0.195. The van der Waals surface area contributed by atoms with Crippen LogP contribution in [0.1, 0.15) is 5.76 Å². The monoisotopic (exact) mass is 225 g/mol. The lowest BCUT2D eigenvalue weighted by atomic mass is 10.4. The number of amides is 2. The van der Waals surface area contributed by atoms with Crippen molar-refractivity contribution in [1.82, 2.24) is 10.1 Å². The van der Waals surface area contributed by atoms with Crippen LogP contribution in [0.15, 0.2) is 23.2 Å². The minimum Gasteiger partial charge on any atom is -0.395 e. The van der Waals surface area contributed by atoms with E-state index in [0.29, 0.717) is 18.1 Å². The highest BCUT2D eigenvalue weighted by Gasteiger charge is 2.12. The summed E-state index contributed by atoms with van der Waals surface area (Å²) in [5.41, 5.74) is 0. The Bertz CT molecular complexity index is 362. The molecular formula is C10H15N3O3. The van der Waals surface area contributed by atoms with E-state index < -0.39 is 0 Å². The Morgan fingerprint density at radius 3 is 3.06 bits per heavy atom. The smallest absolute Gasteiger partial charge is 0.323 e. The van der Waals surface area contributed by atoms with Crippen LogP contribution in [0.3, 0.4) is 0 Å². The number of aliphatic hydroxyl groups excluding tert-OH is 1. The molecule has 0 radical (unpaired) electrons. The van der Waals surface area contributed by atoms with Crippen LogP contribution < -0.4 is 5.32 Å². The number of anilines is 1. The van der Waals surface area contributed by atoms with Crippen LogP contribution in [0.2, 0.25) is 0 Å². The number of nitrogens with one attached hydrogen (secondary N) is 1. The summed E-state index contributed by atoms with van der Waals surface area (Å²) in [5, 5.41) is 15.0. The van der Waals surface area contributed by atoms with Crippen molar-refractivity contribution in [2.45, 2.75) is 6.92 Å². The first kappa shape index (κ1) is 12.3. The van der Waals surface area contributed by atoms with Gasteiger partial charge in [0.05, 0.1) is 6.61 Å². The quantitative estimate of drug-likeness (QED) is 0.732. The predicted octanol–water partition coefficient (Wildman–Crippen LogP) is 0.995. The molecule has 6 heteroatoms. The molecule has 0 unspecified atom stereocenters. The van der Waals surface area contributed by atoms with Crippen LogP contribution in [-0.2, 0) is 0 Å². The van der Waals surface area contributed by atoms with Gasteiger partial charge >= 0.3 is 6.03 Å². The molecule has 0 aliphatic carbocycles. The molecule has 1 heterocycles. The zero-order valence-corrected chi connectivity index (χ0v) is 9.14. The Hall–Kier alpha value is -1.82. The minimum atomic E-state index is -0.345. The van der Waals surface area contributed by atoms with Crippen molar-refractivity contribution in [3.8, 4) is 0 Å². The minimum absolute atomic E-state index is 0.0981. The van der Waals surface area contributed by atoms with Crippen LogP contribution in [-0.4, -0.2) is 40.9 Å². The number of aromatic nitrogens is 1. The lowest BCUT2D eigenvalue weighted by Crippen LogP contribution is -2.37. The second-order valence-electron chi connectivity index (χ2n) is 3.21. The van der Waals surface area contributed by atoms with Crippen LogP contribution in [0.4, 0.5) is 10.6 Å². The zero-order chi connectivity index (χ0) is 12.0. The molecule has 0 aliphatic heterocycles. The van der Waals surface area contributed by atoms with Gasteiger partial charge < -0.3 is 14.5 Å². The number of urea groups is 1. The van der Waals surface area contributed by atoms with Gasteiger partial charge in [-0.3, -0.25) is 5.32 Å². The van der Waals surface area contributed by atoms with Crippen molar-refractivity contribution in [2.75, 3.05) is 25.0 Å². The van der Waals surface area contributed by atoms with Crippen LogP contribution in [0.25, 0.3) is 0 Å². The largest absolute Gasteiger partial charge is 0.395 e. The fourth-order valence-corrected chi connectivity index (χ4v) is 1.17. The highest BCUT2D eigenvalue weighted by atomic mass is 16.5. The van der Waals surface area contributed by atoms with Crippen molar-refractivity contribution in [3.05, 3.63) is 24.5 Å². The molecule has 0 fully saturated rings. The number of hydrogen-bond acceptors (Lipinski definition) is 4. The van der Waals surface area contributed by atoms with E-state index in [2.05, 4.69) is 17.1 Å². The summed E-state index contributed by atoms with van der Waals surface area (Å²) in [4.78, 5) is 13.1. The lowest BCUT2D eigenvalue weighted by Gasteiger charge is -2.19. The Morgan fingerprint density at radius 1 is 1.81 bits per heavy atom. The molecule has 1 aromatic rings. The van der Waals surface area contributed by atoms with Gasteiger partial charge in [0.25, 0.3) is 0 Å². The molecule has 2 N–H and O–H groups in total. The molecule has 16 heavy (non-hydrogen) atoms. The average molecular weight is 225 g/mol. The fourth-order valence-electron chi connectivity index (χ4n) is 1.17. The van der Waals surface area contributed by atoms with Crippen molar-refractivity contribution in [2.24, 2.45) is 0 Å². The van der Waals surface area contributed by atoms with Gasteiger partial charge in [0.1, 0.15) is 5.76 Å². The third kappa shape index (κ3) is 3.39. The van der Waals surface area contributed by atoms with E-state index in [9.17, 15) is 4.79 Å². The second kappa shape index (κ2) is 5.92. The van der Waals surface area contributed by atoms with Crippen LogP contribution in [0, 0.1) is 6.92 Å². The Morgan fingerprint density at radius 2 is 2.56 bits per heavy atom. The van der Waals surface area contributed by atoms with Crippen molar-refractivity contribution < 1.29 is 14.4 Å². The predicted molar refractivity (Wildman–Crippen MR) is 59.1 cm³/mol. The van der Waals surface area contributed by atoms with Crippen LogP contribution in [0.5, 0.6) is 0 Å². The van der Waals surface area contributed by atoms with E-state index in [1.165, 1.54) is 4.90 Å². The van der Waals surface area contributed by atoms with Gasteiger partial charge in [0.2, 0.25) is 0 Å². The zero-order valence-electron chi connectivity index (χ0n) is 9.14. The number of aliphatic hydroxyl groups is 1. The number of hydrogen-bond donors (Lipinski definition) is 2. The molecule has 0 aromatic carbocycles. The molecule has 0 atom stereocenters. The molecule has 88 valence electrons. The topological polar surface area (TPSA) is 78.6 Å². The van der Waals surface area contributed by atoms with E-state index in [-0.39, 0.29) is 19.2 Å². The van der Waals surface area contributed by atoms with Gasteiger partial charge in [-0.1, -0.05) is 11.2 Å². The van der Waals surface area contributed by atoms with Gasteiger partial charge in [-0.15, -0.1) is 6.58 Å². The molecule has 2 amide bonds. The highest BCUT2D eigenvalue weighted by molar-refractivity contribution is 5.88. The summed E-state index contributed by atoms with van der Waals surface area (Å²) < 4.78 is 4.81. The Labute approximate surface area is 93.5 Å². The second-order valence-corrected chi connectivity index (χ2v) is 3.21. The van der Waals surface area contributed by atoms with Crippen molar-refractivity contribution >= 4 is 11.8 Å². The highest BCUT2D eigenvalue weighted by Crippen LogP contribution is 2.07. The van der Waals surface area contributed by atoms with E-state index in [4.69, 9.17) is 9.63 Å². The number of carbonyl (C=O) groups is 1. The summed E-state index contributed by atoms with van der Waals surface area (Å²) >= 11 is 0. The van der Waals surface area contributed by atoms with Crippen molar-refractivity contribution in [3.63, 3.8) is 0 Å². The van der Waals surface area contributed by atoms with E-state index in [0.717, 1.165) is 0 Å². The summed E-state index contributed by atoms with van der Waals surface area (Å²) in [6.45, 7) is 5.78. The summed E-state index contributed by atoms with van der Waals surface area (Å²) in [6, 6.07) is 1.27. The summed E-state index contributed by atoms with van der Waals surface area (Å²) in [7, 11) is 0. The van der Waals surface area contributed by atoms with E-state index in [1.807, 2.05) is 0 Å².